The third-order valence-electron chi connectivity index (χ3n) is 3.54. The lowest BCUT2D eigenvalue weighted by Gasteiger charge is -2.26. The van der Waals surface area contributed by atoms with Gasteiger partial charge in [0.2, 0.25) is 11.8 Å². The van der Waals surface area contributed by atoms with E-state index in [4.69, 9.17) is 25.8 Å². The molecular formula is C16H17ClN2O4. The van der Waals surface area contributed by atoms with Crippen molar-refractivity contribution in [2.24, 2.45) is 0 Å². The summed E-state index contributed by atoms with van der Waals surface area (Å²) in [5.74, 6) is 0.242. The predicted octanol–water partition coefficient (Wildman–Crippen LogP) is 2.63. The van der Waals surface area contributed by atoms with E-state index in [1.54, 1.807) is 31.2 Å². The van der Waals surface area contributed by atoms with E-state index >= 15 is 0 Å². The number of aromatic nitrogens is 2. The van der Waals surface area contributed by atoms with E-state index in [2.05, 4.69) is 9.97 Å². The van der Waals surface area contributed by atoms with Crippen molar-refractivity contribution in [3.8, 4) is 11.8 Å². The van der Waals surface area contributed by atoms with E-state index in [-0.39, 0.29) is 17.6 Å². The number of esters is 1. The Bertz CT molecular complexity index is 701. The van der Waals surface area contributed by atoms with Crippen LogP contribution in [0.5, 0.6) is 11.8 Å². The zero-order valence-corrected chi connectivity index (χ0v) is 14.0. The Labute approximate surface area is 139 Å². The Morgan fingerprint density at radius 1 is 1.09 bits per heavy atom. The van der Waals surface area contributed by atoms with E-state index in [1.807, 2.05) is 0 Å². The predicted molar refractivity (Wildman–Crippen MR) is 85.1 cm³/mol. The molecule has 6 nitrogen and oxygen atoms in total. The first kappa shape index (κ1) is 17.0. The molecule has 0 amide bonds. The summed E-state index contributed by atoms with van der Waals surface area (Å²) in [5, 5.41) is 0.493. The molecule has 2 aromatic rings. The number of rotatable bonds is 5. The van der Waals surface area contributed by atoms with E-state index in [0.717, 1.165) is 0 Å². The van der Waals surface area contributed by atoms with Crippen LogP contribution in [0.15, 0.2) is 30.3 Å². The van der Waals surface area contributed by atoms with Gasteiger partial charge in [-0.25, -0.2) is 0 Å². The van der Waals surface area contributed by atoms with Crippen molar-refractivity contribution in [3.63, 3.8) is 0 Å². The molecule has 1 aromatic heterocycles. The number of hydrogen-bond donors (Lipinski definition) is 0. The molecule has 0 fully saturated rings. The maximum absolute atomic E-state index is 12.5. The summed E-state index contributed by atoms with van der Waals surface area (Å²) in [6.07, 6.45) is 0. The van der Waals surface area contributed by atoms with Gasteiger partial charge in [0.15, 0.2) is 5.82 Å². The minimum Gasteiger partial charge on any atom is -0.481 e. The lowest BCUT2D eigenvalue weighted by atomic mass is 9.81. The second kappa shape index (κ2) is 6.83. The quantitative estimate of drug-likeness (QED) is 0.782. The number of halogens is 1. The number of ether oxygens (including phenoxy) is 3. The van der Waals surface area contributed by atoms with Gasteiger partial charge < -0.3 is 14.2 Å². The van der Waals surface area contributed by atoms with Gasteiger partial charge in [-0.1, -0.05) is 23.7 Å². The van der Waals surface area contributed by atoms with Gasteiger partial charge >= 0.3 is 5.97 Å². The zero-order chi connectivity index (χ0) is 17.0. The molecule has 1 unspecified atom stereocenters. The van der Waals surface area contributed by atoms with Gasteiger partial charge in [-0.3, -0.25) is 4.79 Å². The average molecular weight is 337 g/mol. The Morgan fingerprint density at radius 3 is 2.17 bits per heavy atom. The van der Waals surface area contributed by atoms with Crippen molar-refractivity contribution < 1.29 is 19.0 Å². The van der Waals surface area contributed by atoms with E-state index in [1.165, 1.54) is 27.4 Å². The summed E-state index contributed by atoms with van der Waals surface area (Å²) in [4.78, 5) is 21.1. The molecule has 1 aromatic carbocycles. The second-order valence-corrected chi connectivity index (χ2v) is 5.34. The fourth-order valence-electron chi connectivity index (χ4n) is 2.18. The summed E-state index contributed by atoms with van der Waals surface area (Å²) in [6, 6.07) is 8.43. The minimum atomic E-state index is -1.26. The summed E-state index contributed by atoms with van der Waals surface area (Å²) >= 11 is 6.06. The Kier molecular flexibility index (Phi) is 5.05. The van der Waals surface area contributed by atoms with Crippen molar-refractivity contribution in [2.45, 2.75) is 12.3 Å². The lowest BCUT2D eigenvalue weighted by molar-refractivity contribution is -0.145. The molecule has 0 saturated heterocycles. The molecule has 122 valence electrons. The van der Waals surface area contributed by atoms with Crippen molar-refractivity contribution in [3.05, 3.63) is 46.7 Å². The minimum absolute atomic E-state index is 0.197. The molecule has 0 aliphatic carbocycles. The average Bonchev–Trinajstić information content (AvgIpc) is 2.59. The largest absolute Gasteiger partial charge is 0.481 e. The Morgan fingerprint density at radius 2 is 1.70 bits per heavy atom. The van der Waals surface area contributed by atoms with Crippen LogP contribution in [0.25, 0.3) is 0 Å². The number of nitrogens with zero attached hydrogens (tertiary/aromatic N) is 2. The van der Waals surface area contributed by atoms with Crippen LogP contribution in [-0.2, 0) is 14.9 Å². The first-order valence-corrected chi connectivity index (χ1v) is 7.15. The van der Waals surface area contributed by atoms with Gasteiger partial charge in [-0.05, 0) is 24.6 Å². The summed E-state index contributed by atoms with van der Waals surface area (Å²) in [5.41, 5.74) is -0.659. The molecule has 0 aliphatic rings. The molecule has 0 saturated carbocycles. The fraction of sp³-hybridized carbons (Fsp3) is 0.312. The van der Waals surface area contributed by atoms with E-state index in [9.17, 15) is 4.79 Å². The highest BCUT2D eigenvalue weighted by Gasteiger charge is 2.42. The maximum atomic E-state index is 12.5. The number of carbonyl (C=O) groups is 1. The summed E-state index contributed by atoms with van der Waals surface area (Å²) < 4.78 is 15.3. The fourth-order valence-corrected chi connectivity index (χ4v) is 2.37. The van der Waals surface area contributed by atoms with Crippen molar-refractivity contribution in [1.29, 1.82) is 0 Å². The van der Waals surface area contributed by atoms with Crippen molar-refractivity contribution >= 4 is 17.6 Å². The first-order valence-electron chi connectivity index (χ1n) is 6.77. The molecule has 0 radical (unpaired) electrons. The Balaban J connectivity index is 2.71. The van der Waals surface area contributed by atoms with Gasteiger partial charge in [-0.15, -0.1) is 0 Å². The van der Waals surface area contributed by atoms with Gasteiger partial charge in [0.25, 0.3) is 0 Å². The number of carbonyl (C=O) groups excluding carboxylic acids is 1. The topological polar surface area (TPSA) is 70.5 Å². The third kappa shape index (κ3) is 3.22. The van der Waals surface area contributed by atoms with Crippen LogP contribution in [0.3, 0.4) is 0 Å². The van der Waals surface area contributed by atoms with E-state index in [0.29, 0.717) is 10.6 Å². The highest BCUT2D eigenvalue weighted by atomic mass is 35.5. The van der Waals surface area contributed by atoms with Gasteiger partial charge in [0.1, 0.15) is 5.41 Å². The molecule has 7 heteroatoms. The smallest absolute Gasteiger partial charge is 0.323 e. The molecule has 1 atom stereocenters. The third-order valence-corrected chi connectivity index (χ3v) is 3.78. The summed E-state index contributed by atoms with van der Waals surface area (Å²) in [7, 11) is 4.25. The molecule has 1 heterocycles. The van der Waals surface area contributed by atoms with Crippen molar-refractivity contribution in [1.82, 2.24) is 9.97 Å². The van der Waals surface area contributed by atoms with Gasteiger partial charge in [-0.2, -0.15) is 9.97 Å². The van der Waals surface area contributed by atoms with Crippen LogP contribution in [0, 0.1) is 0 Å². The standard InChI is InChI=1S/C16H17ClN2O4/c1-16(15(20)23-4,10-6-5-7-11(17)8-10)14-18-12(21-2)9-13(19-14)22-3/h5-9H,1-4H3. The van der Waals surface area contributed by atoms with Crippen LogP contribution >= 0.6 is 11.6 Å². The van der Waals surface area contributed by atoms with E-state index < -0.39 is 11.4 Å². The normalized spacial score (nSPS) is 13.1. The molecule has 2 rings (SSSR count). The zero-order valence-electron chi connectivity index (χ0n) is 13.3. The van der Waals surface area contributed by atoms with Gasteiger partial charge in [0, 0.05) is 5.02 Å². The SMILES string of the molecule is COC(=O)C(C)(c1cccc(Cl)c1)c1nc(OC)cc(OC)n1. The number of benzene rings is 1. The first-order chi connectivity index (χ1) is 10.9. The van der Waals surface area contributed by atoms with Crippen molar-refractivity contribution in [2.75, 3.05) is 21.3 Å². The number of hydrogen-bond acceptors (Lipinski definition) is 6. The summed E-state index contributed by atoms with van der Waals surface area (Å²) in [6.45, 7) is 1.67. The number of methoxy groups -OCH3 is 3. The lowest BCUT2D eigenvalue weighted by Crippen LogP contribution is -2.37. The van der Waals surface area contributed by atoms with Crippen LogP contribution < -0.4 is 9.47 Å². The molecular weight excluding hydrogens is 320 g/mol. The molecule has 0 bridgehead atoms. The van der Waals surface area contributed by atoms with Gasteiger partial charge in [0.05, 0.1) is 27.4 Å². The molecule has 0 N–H and O–H groups in total. The second-order valence-electron chi connectivity index (χ2n) is 4.90. The monoisotopic (exact) mass is 336 g/mol. The van der Waals surface area contributed by atoms with Crippen LogP contribution in [-0.4, -0.2) is 37.3 Å². The maximum Gasteiger partial charge on any atom is 0.323 e. The Hall–Kier alpha value is -2.34. The van der Waals surface area contributed by atoms with Crippen LogP contribution in [0.2, 0.25) is 5.02 Å². The highest BCUT2D eigenvalue weighted by molar-refractivity contribution is 6.30. The molecule has 0 spiro atoms. The highest BCUT2D eigenvalue weighted by Crippen LogP contribution is 2.34. The molecule has 23 heavy (non-hydrogen) atoms. The van der Waals surface area contributed by atoms with Crippen LogP contribution in [0.1, 0.15) is 18.3 Å². The van der Waals surface area contributed by atoms with Crippen LogP contribution in [0.4, 0.5) is 0 Å². The molecule has 0 aliphatic heterocycles.